The van der Waals surface area contributed by atoms with E-state index in [0.717, 1.165) is 5.92 Å². The molecule has 1 unspecified atom stereocenters. The second-order valence-corrected chi connectivity index (χ2v) is 4.85. The summed E-state index contributed by atoms with van der Waals surface area (Å²) in [4.78, 5) is 0. The normalized spacial score (nSPS) is 32.0. The van der Waals surface area contributed by atoms with Gasteiger partial charge in [-0.05, 0) is 57.3 Å². The van der Waals surface area contributed by atoms with Crippen molar-refractivity contribution >= 4 is 0 Å². The van der Waals surface area contributed by atoms with Crippen LogP contribution in [0.15, 0.2) is 36.0 Å². The van der Waals surface area contributed by atoms with Crippen molar-refractivity contribution in [3.63, 3.8) is 0 Å². The number of allylic oxidation sites excluding steroid dienone is 6. The van der Waals surface area contributed by atoms with Crippen LogP contribution in [0.3, 0.4) is 0 Å². The van der Waals surface area contributed by atoms with Gasteiger partial charge in [-0.1, -0.05) is 36.0 Å². The summed E-state index contributed by atoms with van der Waals surface area (Å²) in [6.07, 6.45) is 22.2. The molecule has 3 aliphatic rings. The third-order valence-electron chi connectivity index (χ3n) is 3.54. The fourth-order valence-electron chi connectivity index (χ4n) is 2.56. The molecule has 1 atom stereocenters. The molecule has 0 N–H and O–H groups in total. The molecule has 1 fully saturated rings. The second-order valence-electron chi connectivity index (χ2n) is 4.85. The van der Waals surface area contributed by atoms with Crippen LogP contribution in [0.2, 0.25) is 0 Å². The van der Waals surface area contributed by atoms with Crippen LogP contribution in [0.5, 0.6) is 0 Å². The topological polar surface area (TPSA) is 0 Å². The number of hydrogen-bond acceptors (Lipinski definition) is 0. The van der Waals surface area contributed by atoms with Gasteiger partial charge in [0.15, 0.2) is 0 Å². The molecule has 0 nitrogen and oxygen atoms in total. The minimum atomic E-state index is 1.08. The van der Waals surface area contributed by atoms with Gasteiger partial charge in [-0.2, -0.15) is 0 Å². The Morgan fingerprint density at radius 1 is 1.00 bits per heavy atom. The standard InChI is InChI=1S/C8H12.C7H10/c1-2-4-6-8-7-5-3-1;1-2-7-4-3-6(1)5-7/h1-4H,5-8H2;1,7H,2-5H2/b3-1-,4-2-;. The summed E-state index contributed by atoms with van der Waals surface area (Å²) < 4.78 is 0. The van der Waals surface area contributed by atoms with Gasteiger partial charge in [0, 0.05) is 0 Å². The fourth-order valence-corrected chi connectivity index (χ4v) is 2.56. The van der Waals surface area contributed by atoms with Crippen LogP contribution in [0.4, 0.5) is 0 Å². The van der Waals surface area contributed by atoms with E-state index in [9.17, 15) is 0 Å². The van der Waals surface area contributed by atoms with Crippen LogP contribution in [0.25, 0.3) is 0 Å². The summed E-state index contributed by atoms with van der Waals surface area (Å²) in [5, 5.41) is 0. The Hall–Kier alpha value is -0.780. The Labute approximate surface area is 93.8 Å². The van der Waals surface area contributed by atoms with Gasteiger partial charge in [-0.15, -0.1) is 0 Å². The summed E-state index contributed by atoms with van der Waals surface area (Å²) in [7, 11) is 0. The van der Waals surface area contributed by atoms with Crippen molar-refractivity contribution in [1.29, 1.82) is 0 Å². The Morgan fingerprint density at radius 3 is 2.07 bits per heavy atom. The summed E-state index contributed by atoms with van der Waals surface area (Å²) in [6.45, 7) is 0. The Balaban J connectivity index is 0.000000114. The average Bonchev–Trinajstić information content (AvgIpc) is 2.80. The zero-order chi connectivity index (χ0) is 10.3. The summed E-state index contributed by atoms with van der Waals surface area (Å²) in [6, 6.07) is 0. The molecule has 0 aromatic carbocycles. The van der Waals surface area contributed by atoms with Crippen molar-refractivity contribution in [2.45, 2.75) is 51.4 Å². The molecule has 0 saturated heterocycles. The van der Waals surface area contributed by atoms with Crippen LogP contribution in [0.1, 0.15) is 51.4 Å². The number of fused-ring (bicyclic) bond motifs is 2. The van der Waals surface area contributed by atoms with E-state index in [-0.39, 0.29) is 0 Å². The van der Waals surface area contributed by atoms with Gasteiger partial charge in [-0.3, -0.25) is 0 Å². The lowest BCUT2D eigenvalue weighted by Crippen LogP contribution is -1.85. The van der Waals surface area contributed by atoms with E-state index in [1.165, 1.54) is 51.4 Å². The van der Waals surface area contributed by atoms with Crippen molar-refractivity contribution < 1.29 is 0 Å². The second kappa shape index (κ2) is 5.95. The largest absolute Gasteiger partial charge is 0.0850 e. The molecular weight excluding hydrogens is 180 g/mol. The van der Waals surface area contributed by atoms with Crippen LogP contribution in [0, 0.1) is 5.92 Å². The van der Waals surface area contributed by atoms with Gasteiger partial charge in [-0.25, -0.2) is 0 Å². The van der Waals surface area contributed by atoms with E-state index in [2.05, 4.69) is 30.4 Å². The summed E-state index contributed by atoms with van der Waals surface area (Å²) >= 11 is 0. The highest BCUT2D eigenvalue weighted by Gasteiger charge is 2.22. The average molecular weight is 202 g/mol. The number of hydrogen-bond donors (Lipinski definition) is 0. The quantitative estimate of drug-likeness (QED) is 0.495. The van der Waals surface area contributed by atoms with Crippen LogP contribution in [-0.4, -0.2) is 0 Å². The van der Waals surface area contributed by atoms with Crippen molar-refractivity contribution in [1.82, 2.24) is 0 Å². The molecular formula is C15H22. The van der Waals surface area contributed by atoms with E-state index in [4.69, 9.17) is 0 Å². The van der Waals surface area contributed by atoms with E-state index in [1.807, 2.05) is 0 Å². The highest BCUT2D eigenvalue weighted by atomic mass is 14.3. The third kappa shape index (κ3) is 3.70. The maximum atomic E-state index is 2.42. The summed E-state index contributed by atoms with van der Waals surface area (Å²) in [5.41, 5.74) is 1.74. The van der Waals surface area contributed by atoms with E-state index < -0.39 is 0 Å². The molecule has 0 amide bonds. The molecule has 0 spiro atoms. The lowest BCUT2D eigenvalue weighted by atomic mass is 10.1. The molecule has 2 bridgehead atoms. The minimum absolute atomic E-state index is 1.08. The zero-order valence-corrected chi connectivity index (χ0v) is 9.62. The molecule has 0 aliphatic heterocycles. The molecule has 0 aromatic heterocycles. The Morgan fingerprint density at radius 2 is 1.73 bits per heavy atom. The SMILES string of the molecule is C1=C2CCC(C1)C2.C1=C\CCCC\C=C/1. The fraction of sp³-hybridized carbons (Fsp3) is 0.600. The van der Waals surface area contributed by atoms with Crippen molar-refractivity contribution in [3.8, 4) is 0 Å². The first-order valence-electron chi connectivity index (χ1n) is 6.45. The van der Waals surface area contributed by atoms with Gasteiger partial charge in [0.2, 0.25) is 0 Å². The first kappa shape index (κ1) is 10.7. The van der Waals surface area contributed by atoms with Crippen LogP contribution in [-0.2, 0) is 0 Å². The monoisotopic (exact) mass is 202 g/mol. The van der Waals surface area contributed by atoms with Crippen molar-refractivity contribution in [2.24, 2.45) is 5.92 Å². The first-order valence-corrected chi connectivity index (χ1v) is 6.45. The highest BCUT2D eigenvalue weighted by Crippen LogP contribution is 2.38. The maximum absolute atomic E-state index is 2.42. The molecule has 0 heteroatoms. The molecule has 0 radical (unpaired) electrons. The van der Waals surface area contributed by atoms with Gasteiger partial charge in [0.1, 0.15) is 0 Å². The van der Waals surface area contributed by atoms with E-state index in [1.54, 1.807) is 5.57 Å². The van der Waals surface area contributed by atoms with E-state index in [0.29, 0.717) is 0 Å². The maximum Gasteiger partial charge on any atom is -0.0289 e. The molecule has 0 heterocycles. The predicted molar refractivity (Wildman–Crippen MR) is 66.8 cm³/mol. The Kier molecular flexibility index (Phi) is 4.25. The molecule has 3 aliphatic carbocycles. The first-order chi connectivity index (χ1) is 7.45. The lowest BCUT2D eigenvalue weighted by Gasteiger charge is -1.98. The van der Waals surface area contributed by atoms with Gasteiger partial charge in [0.25, 0.3) is 0 Å². The molecule has 1 saturated carbocycles. The molecule has 0 aromatic rings. The third-order valence-corrected chi connectivity index (χ3v) is 3.54. The van der Waals surface area contributed by atoms with Crippen molar-refractivity contribution in [2.75, 3.05) is 0 Å². The van der Waals surface area contributed by atoms with Gasteiger partial charge < -0.3 is 0 Å². The van der Waals surface area contributed by atoms with Crippen LogP contribution < -0.4 is 0 Å². The smallest absolute Gasteiger partial charge is 0.0289 e. The highest BCUT2D eigenvalue weighted by molar-refractivity contribution is 5.15. The van der Waals surface area contributed by atoms with Gasteiger partial charge in [0.05, 0.1) is 0 Å². The minimum Gasteiger partial charge on any atom is -0.0850 e. The summed E-state index contributed by atoms with van der Waals surface area (Å²) in [5.74, 6) is 1.08. The Bertz CT molecular complexity index is 254. The zero-order valence-electron chi connectivity index (χ0n) is 9.62. The van der Waals surface area contributed by atoms with E-state index >= 15 is 0 Å². The number of rotatable bonds is 0. The van der Waals surface area contributed by atoms with Gasteiger partial charge >= 0.3 is 0 Å². The molecule has 3 rings (SSSR count). The lowest BCUT2D eigenvalue weighted by molar-refractivity contribution is 0.576. The van der Waals surface area contributed by atoms with Crippen molar-refractivity contribution in [3.05, 3.63) is 36.0 Å². The molecule has 82 valence electrons. The predicted octanol–water partition coefficient (Wildman–Crippen LogP) is 4.79. The van der Waals surface area contributed by atoms with Crippen LogP contribution >= 0.6 is 0 Å². The molecule has 15 heavy (non-hydrogen) atoms.